The third-order valence-electron chi connectivity index (χ3n) is 2.96. The van der Waals surface area contributed by atoms with E-state index in [1.807, 2.05) is 19.1 Å². The number of benzene rings is 1. The average molecular weight is 293 g/mol. The fraction of sp³-hybridized carbons (Fsp3) is 0.562. The number of nitrogens with one attached hydrogen (secondary N) is 1. The van der Waals surface area contributed by atoms with Crippen LogP contribution in [-0.4, -0.2) is 32.3 Å². The zero-order valence-electron chi connectivity index (χ0n) is 13.3. The Labute approximate surface area is 127 Å². The second kappa shape index (κ2) is 10.2. The van der Waals surface area contributed by atoms with Crippen LogP contribution in [-0.2, 0) is 22.6 Å². The first-order valence-electron chi connectivity index (χ1n) is 7.37. The Morgan fingerprint density at radius 3 is 2.71 bits per heavy atom. The van der Waals surface area contributed by atoms with E-state index in [2.05, 4.69) is 29.4 Å². The number of nitrogens with two attached hydrogens (primary N) is 1. The van der Waals surface area contributed by atoms with Crippen molar-refractivity contribution in [2.45, 2.75) is 39.5 Å². The summed E-state index contributed by atoms with van der Waals surface area (Å²) in [7, 11) is 1.66. The first kappa shape index (κ1) is 17.5. The molecule has 0 aliphatic heterocycles. The molecule has 0 saturated heterocycles. The molecule has 3 N–H and O–H groups in total. The molecule has 0 saturated carbocycles. The molecule has 1 atom stereocenters. The highest BCUT2D eigenvalue weighted by atomic mass is 16.5. The van der Waals surface area contributed by atoms with Crippen molar-refractivity contribution < 1.29 is 9.47 Å². The van der Waals surface area contributed by atoms with Gasteiger partial charge in [0.15, 0.2) is 5.96 Å². The molecule has 0 aromatic heterocycles. The zero-order valence-corrected chi connectivity index (χ0v) is 13.3. The molecule has 21 heavy (non-hydrogen) atoms. The maximum Gasteiger partial charge on any atom is 0.189 e. The molecule has 1 aromatic rings. The van der Waals surface area contributed by atoms with E-state index in [9.17, 15) is 0 Å². The summed E-state index contributed by atoms with van der Waals surface area (Å²) >= 11 is 0. The Hall–Kier alpha value is -1.59. The maximum atomic E-state index is 5.88. The van der Waals surface area contributed by atoms with Gasteiger partial charge in [0.05, 0.1) is 19.8 Å². The van der Waals surface area contributed by atoms with Crippen molar-refractivity contribution in [2.75, 3.05) is 20.3 Å². The van der Waals surface area contributed by atoms with E-state index in [1.54, 1.807) is 7.11 Å². The quantitative estimate of drug-likeness (QED) is 0.415. The molecule has 1 unspecified atom stereocenters. The lowest BCUT2D eigenvalue weighted by molar-refractivity contribution is 0.121. The van der Waals surface area contributed by atoms with Crippen LogP contribution in [0.3, 0.4) is 0 Å². The Kier molecular flexibility index (Phi) is 8.47. The minimum Gasteiger partial charge on any atom is -0.383 e. The van der Waals surface area contributed by atoms with Crippen LogP contribution < -0.4 is 11.1 Å². The van der Waals surface area contributed by atoms with Gasteiger partial charge in [-0.15, -0.1) is 0 Å². The van der Waals surface area contributed by atoms with E-state index < -0.39 is 0 Å². The molecule has 0 aliphatic rings. The maximum absolute atomic E-state index is 5.88. The zero-order chi connectivity index (χ0) is 15.5. The third-order valence-corrected chi connectivity index (χ3v) is 2.96. The van der Waals surface area contributed by atoms with E-state index in [-0.39, 0.29) is 6.04 Å². The molecule has 1 aromatic carbocycles. The molecular formula is C16H27N3O2. The molecule has 118 valence electrons. The SMILES string of the molecule is CCCOCc1ccccc1CN=C(N)NC(C)COC. The summed E-state index contributed by atoms with van der Waals surface area (Å²) in [6.07, 6.45) is 1.02. The van der Waals surface area contributed by atoms with Gasteiger partial charge in [-0.2, -0.15) is 0 Å². The van der Waals surface area contributed by atoms with Crippen molar-refractivity contribution in [1.82, 2.24) is 5.32 Å². The van der Waals surface area contributed by atoms with E-state index in [0.29, 0.717) is 25.7 Å². The van der Waals surface area contributed by atoms with Crippen LogP contribution in [0.4, 0.5) is 0 Å². The Morgan fingerprint density at radius 1 is 1.33 bits per heavy atom. The number of methoxy groups -OCH3 is 1. The molecule has 0 heterocycles. The summed E-state index contributed by atoms with van der Waals surface area (Å²) in [5.74, 6) is 0.434. The lowest BCUT2D eigenvalue weighted by Crippen LogP contribution is -2.40. The summed E-state index contributed by atoms with van der Waals surface area (Å²) in [5, 5.41) is 3.09. The molecule has 0 aliphatic carbocycles. The smallest absolute Gasteiger partial charge is 0.189 e. The molecule has 0 radical (unpaired) electrons. The largest absolute Gasteiger partial charge is 0.383 e. The van der Waals surface area contributed by atoms with Crippen LogP contribution in [0.2, 0.25) is 0 Å². The minimum absolute atomic E-state index is 0.141. The number of aliphatic imine (C=N–C) groups is 1. The number of ether oxygens (including phenoxy) is 2. The number of guanidine groups is 1. The summed E-state index contributed by atoms with van der Waals surface area (Å²) in [6.45, 7) is 6.63. The highest BCUT2D eigenvalue weighted by molar-refractivity contribution is 5.78. The highest BCUT2D eigenvalue weighted by Crippen LogP contribution is 2.11. The predicted octanol–water partition coefficient (Wildman–Crippen LogP) is 2.05. The molecular weight excluding hydrogens is 266 g/mol. The summed E-state index contributed by atoms with van der Waals surface area (Å²) in [6, 6.07) is 8.28. The van der Waals surface area contributed by atoms with Crippen molar-refractivity contribution >= 4 is 5.96 Å². The van der Waals surface area contributed by atoms with Crippen molar-refractivity contribution in [3.05, 3.63) is 35.4 Å². The fourth-order valence-electron chi connectivity index (χ4n) is 1.94. The molecule has 0 spiro atoms. The molecule has 0 amide bonds. The topological polar surface area (TPSA) is 68.9 Å². The minimum atomic E-state index is 0.141. The summed E-state index contributed by atoms with van der Waals surface area (Å²) in [5.41, 5.74) is 8.17. The number of hydrogen-bond acceptors (Lipinski definition) is 3. The molecule has 0 fully saturated rings. The van der Waals surface area contributed by atoms with Gasteiger partial charge >= 0.3 is 0 Å². The molecule has 1 rings (SSSR count). The lowest BCUT2D eigenvalue weighted by Gasteiger charge is -2.13. The van der Waals surface area contributed by atoms with Crippen molar-refractivity contribution in [3.63, 3.8) is 0 Å². The van der Waals surface area contributed by atoms with Gasteiger partial charge in [-0.1, -0.05) is 31.2 Å². The Morgan fingerprint density at radius 2 is 2.05 bits per heavy atom. The van der Waals surface area contributed by atoms with Crippen molar-refractivity contribution in [1.29, 1.82) is 0 Å². The normalized spacial score (nSPS) is 13.2. The van der Waals surface area contributed by atoms with Crippen LogP contribution in [0, 0.1) is 0 Å². The molecule has 0 bridgehead atoms. The number of rotatable bonds is 9. The second-order valence-electron chi connectivity index (χ2n) is 5.02. The molecule has 5 nitrogen and oxygen atoms in total. The number of hydrogen-bond donors (Lipinski definition) is 2. The molecule has 5 heteroatoms. The first-order valence-corrected chi connectivity index (χ1v) is 7.37. The van der Waals surface area contributed by atoms with Gasteiger partial charge in [-0.05, 0) is 24.5 Å². The van der Waals surface area contributed by atoms with Gasteiger partial charge < -0.3 is 20.5 Å². The van der Waals surface area contributed by atoms with E-state index in [0.717, 1.165) is 24.2 Å². The van der Waals surface area contributed by atoms with Gasteiger partial charge in [-0.3, -0.25) is 0 Å². The third kappa shape index (κ3) is 7.11. The van der Waals surface area contributed by atoms with Crippen LogP contribution in [0.5, 0.6) is 0 Å². The lowest BCUT2D eigenvalue weighted by atomic mass is 10.1. The second-order valence-corrected chi connectivity index (χ2v) is 5.02. The van der Waals surface area contributed by atoms with Crippen LogP contribution in [0.25, 0.3) is 0 Å². The first-order chi connectivity index (χ1) is 10.2. The van der Waals surface area contributed by atoms with E-state index >= 15 is 0 Å². The van der Waals surface area contributed by atoms with Crippen molar-refractivity contribution in [2.24, 2.45) is 10.7 Å². The van der Waals surface area contributed by atoms with Crippen molar-refractivity contribution in [3.8, 4) is 0 Å². The van der Waals surface area contributed by atoms with Gasteiger partial charge in [0.25, 0.3) is 0 Å². The highest BCUT2D eigenvalue weighted by Gasteiger charge is 2.04. The standard InChI is InChI=1S/C16H27N3O2/c1-4-9-21-12-15-8-6-5-7-14(15)10-18-16(17)19-13(2)11-20-3/h5-8,13H,4,9-12H2,1-3H3,(H3,17,18,19). The summed E-state index contributed by atoms with van der Waals surface area (Å²) < 4.78 is 10.7. The van der Waals surface area contributed by atoms with E-state index in [4.69, 9.17) is 15.2 Å². The van der Waals surface area contributed by atoms with Gasteiger partial charge in [-0.25, -0.2) is 4.99 Å². The fourth-order valence-corrected chi connectivity index (χ4v) is 1.94. The van der Waals surface area contributed by atoms with E-state index in [1.165, 1.54) is 0 Å². The van der Waals surface area contributed by atoms with Gasteiger partial charge in [0.1, 0.15) is 0 Å². The number of nitrogens with zero attached hydrogens (tertiary/aromatic N) is 1. The van der Waals surface area contributed by atoms with Gasteiger partial charge in [0.2, 0.25) is 0 Å². The van der Waals surface area contributed by atoms with Crippen LogP contribution in [0.1, 0.15) is 31.4 Å². The Bertz CT molecular complexity index is 435. The van der Waals surface area contributed by atoms with Crippen LogP contribution in [0.15, 0.2) is 29.3 Å². The average Bonchev–Trinajstić information content (AvgIpc) is 2.46. The monoisotopic (exact) mass is 293 g/mol. The summed E-state index contributed by atoms with van der Waals surface area (Å²) in [4.78, 5) is 4.38. The van der Waals surface area contributed by atoms with Crippen LogP contribution >= 0.6 is 0 Å². The van der Waals surface area contributed by atoms with Gasteiger partial charge in [0, 0.05) is 19.8 Å². The Balaban J connectivity index is 2.57. The predicted molar refractivity (Wildman–Crippen MR) is 86.2 cm³/mol.